The predicted molar refractivity (Wildman–Crippen MR) is 109 cm³/mol. The topological polar surface area (TPSA) is 136 Å². The lowest BCUT2D eigenvalue weighted by molar-refractivity contribution is -0.385. The van der Waals surface area contributed by atoms with Gasteiger partial charge in [0.1, 0.15) is 0 Å². The minimum absolute atomic E-state index is 0.0181. The summed E-state index contributed by atoms with van der Waals surface area (Å²) in [5, 5.41) is 17.7. The summed E-state index contributed by atoms with van der Waals surface area (Å²) >= 11 is 0. The van der Waals surface area contributed by atoms with Gasteiger partial charge in [0.25, 0.3) is 11.6 Å². The van der Waals surface area contributed by atoms with Crippen LogP contribution in [0.4, 0.5) is 5.69 Å². The fourth-order valence-electron chi connectivity index (χ4n) is 2.72. The Hall–Kier alpha value is -3.57. The van der Waals surface area contributed by atoms with E-state index in [1.165, 1.54) is 18.2 Å². The number of nitrogens with zero attached hydrogens (tertiary/aromatic N) is 3. The van der Waals surface area contributed by atoms with Gasteiger partial charge >= 0.3 is 0 Å². The Morgan fingerprint density at radius 2 is 1.83 bits per heavy atom. The molecule has 0 radical (unpaired) electrons. The van der Waals surface area contributed by atoms with Gasteiger partial charge in [0.05, 0.1) is 15.5 Å². The first-order chi connectivity index (χ1) is 14.3. The second kappa shape index (κ2) is 8.84. The van der Waals surface area contributed by atoms with Gasteiger partial charge in [0.2, 0.25) is 10.0 Å². The van der Waals surface area contributed by atoms with Gasteiger partial charge in [-0.1, -0.05) is 24.3 Å². The van der Waals surface area contributed by atoms with Gasteiger partial charge in [0, 0.05) is 30.9 Å². The van der Waals surface area contributed by atoms with Gasteiger partial charge in [0.15, 0.2) is 5.69 Å². The number of sulfonamides is 1. The van der Waals surface area contributed by atoms with Crippen molar-refractivity contribution in [3.63, 3.8) is 0 Å². The zero-order valence-corrected chi connectivity index (χ0v) is 16.8. The van der Waals surface area contributed by atoms with Gasteiger partial charge in [-0.15, -0.1) is 0 Å². The minimum atomic E-state index is -3.94. The van der Waals surface area contributed by atoms with Crippen LogP contribution in [-0.2, 0) is 10.0 Å². The molecule has 11 heteroatoms. The van der Waals surface area contributed by atoms with Crippen molar-refractivity contribution in [3.05, 3.63) is 82.2 Å². The van der Waals surface area contributed by atoms with Crippen LogP contribution in [0.15, 0.2) is 65.6 Å². The molecule has 2 aromatic carbocycles. The molecule has 0 aliphatic heterocycles. The number of carbonyl (C=O) groups excluding carboxylic acids is 1. The third kappa shape index (κ3) is 4.88. The number of rotatable bonds is 8. The molecule has 0 unspecified atom stereocenters. The molecular weight excluding hydrogens is 410 g/mol. The van der Waals surface area contributed by atoms with Gasteiger partial charge < -0.3 is 5.32 Å². The molecule has 156 valence electrons. The molecule has 1 amide bonds. The van der Waals surface area contributed by atoms with Crippen LogP contribution in [-0.4, -0.2) is 42.1 Å². The minimum Gasteiger partial charge on any atom is -0.349 e. The molecule has 2 N–H and O–H groups in total. The Kier molecular flexibility index (Phi) is 6.23. The monoisotopic (exact) mass is 429 g/mol. The summed E-state index contributed by atoms with van der Waals surface area (Å²) in [5.74, 6) is -0.442. The van der Waals surface area contributed by atoms with Crippen molar-refractivity contribution in [2.24, 2.45) is 0 Å². The SMILES string of the molecule is Cc1cc(C(=O)NCCNS(=O)(=O)c2cccc([N+](=O)[O-])c2)nn1-c1ccccc1. The van der Waals surface area contributed by atoms with Crippen LogP contribution in [0.1, 0.15) is 16.2 Å². The smallest absolute Gasteiger partial charge is 0.271 e. The van der Waals surface area contributed by atoms with E-state index in [4.69, 9.17) is 0 Å². The quantitative estimate of drug-likeness (QED) is 0.318. The van der Waals surface area contributed by atoms with Gasteiger partial charge in [-0.3, -0.25) is 14.9 Å². The van der Waals surface area contributed by atoms with Crippen molar-refractivity contribution in [3.8, 4) is 5.69 Å². The summed E-state index contributed by atoms with van der Waals surface area (Å²) in [5.41, 5.74) is 1.48. The summed E-state index contributed by atoms with van der Waals surface area (Å²) in [7, 11) is -3.94. The van der Waals surface area contributed by atoms with Crippen molar-refractivity contribution in [1.29, 1.82) is 0 Å². The molecule has 3 rings (SSSR count). The molecule has 0 spiro atoms. The first-order valence-electron chi connectivity index (χ1n) is 8.92. The number of nitro benzene ring substituents is 1. The van der Waals surface area contributed by atoms with Crippen LogP contribution in [0.2, 0.25) is 0 Å². The Balaban J connectivity index is 1.57. The lowest BCUT2D eigenvalue weighted by Crippen LogP contribution is -2.34. The Morgan fingerprint density at radius 1 is 1.10 bits per heavy atom. The van der Waals surface area contributed by atoms with E-state index in [9.17, 15) is 23.3 Å². The summed E-state index contributed by atoms with van der Waals surface area (Å²) in [4.78, 5) is 22.2. The zero-order chi connectivity index (χ0) is 21.7. The van der Waals surface area contributed by atoms with E-state index in [1.54, 1.807) is 10.7 Å². The van der Waals surface area contributed by atoms with Gasteiger partial charge in [-0.25, -0.2) is 17.8 Å². The maximum Gasteiger partial charge on any atom is 0.271 e. The summed E-state index contributed by atoms with van der Waals surface area (Å²) in [6, 6.07) is 15.7. The van der Waals surface area contributed by atoms with E-state index in [2.05, 4.69) is 15.1 Å². The van der Waals surface area contributed by atoms with E-state index in [0.29, 0.717) is 0 Å². The molecule has 30 heavy (non-hydrogen) atoms. The average Bonchev–Trinajstić information content (AvgIpc) is 3.13. The second-order valence-electron chi connectivity index (χ2n) is 6.33. The van der Waals surface area contributed by atoms with Crippen LogP contribution in [0.25, 0.3) is 5.69 Å². The number of hydrogen-bond donors (Lipinski definition) is 2. The highest BCUT2D eigenvalue weighted by Gasteiger charge is 2.18. The lowest BCUT2D eigenvalue weighted by Gasteiger charge is -2.07. The molecule has 0 saturated carbocycles. The fraction of sp³-hybridized carbons (Fsp3) is 0.158. The van der Waals surface area contributed by atoms with Crippen LogP contribution < -0.4 is 10.0 Å². The highest BCUT2D eigenvalue weighted by molar-refractivity contribution is 7.89. The molecule has 0 atom stereocenters. The Morgan fingerprint density at radius 3 is 2.53 bits per heavy atom. The maximum atomic E-state index is 12.3. The Bertz CT molecular complexity index is 1180. The van der Waals surface area contributed by atoms with Crippen molar-refractivity contribution < 1.29 is 18.1 Å². The van der Waals surface area contributed by atoms with Crippen molar-refractivity contribution in [2.45, 2.75) is 11.8 Å². The molecule has 0 bridgehead atoms. The molecule has 0 aliphatic rings. The number of nitro groups is 1. The molecule has 10 nitrogen and oxygen atoms in total. The third-order valence-electron chi connectivity index (χ3n) is 4.16. The van der Waals surface area contributed by atoms with E-state index in [-0.39, 0.29) is 29.4 Å². The number of aromatic nitrogens is 2. The number of benzene rings is 2. The predicted octanol–water partition coefficient (Wildman–Crippen LogP) is 1.80. The fourth-order valence-corrected chi connectivity index (χ4v) is 3.79. The first kappa shape index (κ1) is 21.1. The maximum absolute atomic E-state index is 12.3. The van der Waals surface area contributed by atoms with Crippen LogP contribution in [0.3, 0.4) is 0 Å². The molecule has 0 saturated heterocycles. The van der Waals surface area contributed by atoms with E-state index in [0.717, 1.165) is 17.4 Å². The van der Waals surface area contributed by atoms with Crippen LogP contribution >= 0.6 is 0 Å². The van der Waals surface area contributed by atoms with Crippen molar-refractivity contribution in [1.82, 2.24) is 19.8 Å². The van der Waals surface area contributed by atoms with E-state index in [1.807, 2.05) is 37.3 Å². The number of non-ortho nitro benzene ring substituents is 1. The highest BCUT2D eigenvalue weighted by atomic mass is 32.2. The second-order valence-corrected chi connectivity index (χ2v) is 8.09. The number of hydrogen-bond acceptors (Lipinski definition) is 6. The molecule has 0 aliphatic carbocycles. The van der Waals surface area contributed by atoms with Crippen molar-refractivity contribution in [2.75, 3.05) is 13.1 Å². The lowest BCUT2D eigenvalue weighted by atomic mass is 10.3. The zero-order valence-electron chi connectivity index (χ0n) is 16.0. The molecule has 3 aromatic rings. The van der Waals surface area contributed by atoms with Crippen LogP contribution in [0, 0.1) is 17.0 Å². The summed E-state index contributed by atoms with van der Waals surface area (Å²) in [6.45, 7) is 1.75. The van der Waals surface area contributed by atoms with Gasteiger partial charge in [-0.2, -0.15) is 5.10 Å². The number of aryl methyl sites for hydroxylation is 1. The number of nitrogens with one attached hydrogen (secondary N) is 2. The standard InChI is InChI=1S/C19H19N5O5S/c1-14-12-18(22-23(14)15-6-3-2-4-7-15)19(25)20-10-11-21-30(28,29)17-9-5-8-16(13-17)24(26)27/h2-9,12-13,21H,10-11H2,1H3,(H,20,25). The third-order valence-corrected chi connectivity index (χ3v) is 5.62. The molecular formula is C19H19N5O5S. The van der Waals surface area contributed by atoms with E-state index < -0.39 is 20.9 Å². The number of amides is 1. The number of carbonyl (C=O) groups is 1. The Labute approximate surface area is 172 Å². The summed E-state index contributed by atoms with van der Waals surface area (Å²) < 4.78 is 28.5. The van der Waals surface area contributed by atoms with Crippen molar-refractivity contribution >= 4 is 21.6 Å². The first-order valence-corrected chi connectivity index (χ1v) is 10.4. The largest absolute Gasteiger partial charge is 0.349 e. The summed E-state index contributed by atoms with van der Waals surface area (Å²) in [6.07, 6.45) is 0. The molecule has 1 aromatic heterocycles. The molecule has 0 fully saturated rings. The van der Waals surface area contributed by atoms with E-state index >= 15 is 0 Å². The van der Waals surface area contributed by atoms with Gasteiger partial charge in [-0.05, 0) is 31.2 Å². The normalized spacial score (nSPS) is 11.2. The number of para-hydroxylation sites is 1. The average molecular weight is 429 g/mol. The molecule has 1 heterocycles. The van der Waals surface area contributed by atoms with Crippen LogP contribution in [0.5, 0.6) is 0 Å². The highest BCUT2D eigenvalue weighted by Crippen LogP contribution is 2.17.